The normalized spacial score (nSPS) is 13.1. The molecular weight excluding hydrogens is 744 g/mol. The molecule has 1 amide bonds. The Morgan fingerprint density at radius 3 is 2.39 bits per heavy atom. The van der Waals surface area contributed by atoms with Crippen molar-refractivity contribution < 1.29 is 57.6 Å². The second-order valence-electron chi connectivity index (χ2n) is 12.4. The van der Waals surface area contributed by atoms with Gasteiger partial charge in [0.05, 0.1) is 17.6 Å². The summed E-state index contributed by atoms with van der Waals surface area (Å²) < 4.78 is 41.2. The number of nitrogens with one attached hydrogen (secondary N) is 1. The van der Waals surface area contributed by atoms with Gasteiger partial charge in [0.15, 0.2) is 0 Å². The minimum atomic E-state index is -5.59. The molecule has 1 aliphatic heterocycles. The van der Waals surface area contributed by atoms with Gasteiger partial charge in [-0.15, -0.1) is 0 Å². The van der Waals surface area contributed by atoms with E-state index in [0.29, 0.717) is 11.3 Å². The van der Waals surface area contributed by atoms with E-state index in [1.54, 1.807) is 24.5 Å². The number of amides is 1. The number of fused-ring (bicyclic) bond motifs is 2. The number of esters is 1. The first-order valence-corrected chi connectivity index (χ1v) is 20.0. The number of nitrogens with zero attached hydrogens (tertiary/aromatic N) is 4. The molecule has 0 fully saturated rings. The van der Waals surface area contributed by atoms with Crippen molar-refractivity contribution in [3.63, 3.8) is 0 Å². The quantitative estimate of drug-likeness (QED) is 0.0496. The van der Waals surface area contributed by atoms with E-state index in [9.17, 15) is 43.4 Å². The number of carbonyl (C=O) groups is 2. The fourth-order valence-electron chi connectivity index (χ4n) is 6.06. The second kappa shape index (κ2) is 16.2. The van der Waals surface area contributed by atoms with Crippen LogP contribution >= 0.6 is 15.2 Å². The Morgan fingerprint density at radius 1 is 0.907 bits per heavy atom. The van der Waals surface area contributed by atoms with Crippen LogP contribution in [-0.4, -0.2) is 81.3 Å². The van der Waals surface area contributed by atoms with Gasteiger partial charge in [-0.1, -0.05) is 18.2 Å². The zero-order chi connectivity index (χ0) is 38.5. The van der Waals surface area contributed by atoms with Crippen molar-refractivity contribution in [2.24, 2.45) is 0 Å². The molecule has 6 N–H and O–H groups in total. The van der Waals surface area contributed by atoms with E-state index in [1.807, 2.05) is 42.5 Å². The van der Waals surface area contributed by atoms with E-state index in [4.69, 9.17) is 19.3 Å². The van der Waals surface area contributed by atoms with E-state index in [1.165, 1.54) is 17.8 Å². The van der Waals surface area contributed by atoms with Crippen LogP contribution in [0.25, 0.3) is 33.4 Å². The predicted molar refractivity (Wildman–Crippen MR) is 193 cm³/mol. The standard InChI is InChI=1S/C35H37N5O12P2/c41-31(21-23-7-9-24(10-8-23)52-34(42)38-16-4-14-35(43,53(44,45)46)54(47,48)49)51-20-19-50-25-11-12-26-27(13-17-37-29(26)22-25)32-30-6-3-18-40(30)39-33(32)28-5-1-2-15-36-28/h1-2,5,7-13,15,17,22,43H,3-4,6,14,16,18-21H2,(H,38,42)(H2,44,45,46)(H2,47,48,49). The maximum Gasteiger partial charge on any atom is 0.412 e. The molecule has 0 saturated carbocycles. The molecule has 0 saturated heterocycles. The Balaban J connectivity index is 0.961. The molecule has 5 aromatic rings. The van der Waals surface area contributed by atoms with E-state index < -0.39 is 38.8 Å². The lowest BCUT2D eigenvalue weighted by molar-refractivity contribution is -0.143. The first-order valence-electron chi connectivity index (χ1n) is 16.8. The third kappa shape index (κ3) is 8.69. The van der Waals surface area contributed by atoms with Gasteiger partial charge in [0.25, 0.3) is 5.08 Å². The lowest BCUT2D eigenvalue weighted by Gasteiger charge is -2.29. The average Bonchev–Trinajstić information content (AvgIpc) is 3.74. The van der Waals surface area contributed by atoms with Gasteiger partial charge in [-0.3, -0.25) is 28.6 Å². The molecule has 0 atom stereocenters. The maximum absolute atomic E-state index is 12.5. The molecule has 19 heteroatoms. The molecule has 54 heavy (non-hydrogen) atoms. The van der Waals surface area contributed by atoms with E-state index in [0.717, 1.165) is 52.8 Å². The Morgan fingerprint density at radius 2 is 1.67 bits per heavy atom. The third-order valence-corrected chi connectivity index (χ3v) is 12.6. The highest BCUT2D eigenvalue weighted by Gasteiger charge is 2.58. The minimum absolute atomic E-state index is 0.00140. The maximum atomic E-state index is 12.5. The molecule has 17 nitrogen and oxygen atoms in total. The number of ether oxygens (including phenoxy) is 3. The van der Waals surface area contributed by atoms with Gasteiger partial charge < -0.3 is 44.2 Å². The molecule has 0 unspecified atom stereocenters. The lowest BCUT2D eigenvalue weighted by atomic mass is 9.96. The molecule has 3 aromatic heterocycles. The topological polar surface area (TPSA) is 253 Å². The van der Waals surface area contributed by atoms with Crippen LogP contribution in [0.1, 0.15) is 30.5 Å². The van der Waals surface area contributed by atoms with Crippen molar-refractivity contribution in [2.45, 2.75) is 43.7 Å². The lowest BCUT2D eigenvalue weighted by Crippen LogP contribution is -2.32. The number of aryl methyl sites for hydroxylation is 1. The predicted octanol–water partition coefficient (Wildman–Crippen LogP) is 4.14. The van der Waals surface area contributed by atoms with Crippen LogP contribution in [0.15, 0.2) is 79.1 Å². The van der Waals surface area contributed by atoms with Gasteiger partial charge in [-0.05, 0) is 72.9 Å². The molecule has 4 heterocycles. The van der Waals surface area contributed by atoms with Crippen molar-refractivity contribution in [3.8, 4) is 34.0 Å². The second-order valence-corrected chi connectivity index (χ2v) is 16.4. The van der Waals surface area contributed by atoms with E-state index in [-0.39, 0.29) is 38.3 Å². The Kier molecular flexibility index (Phi) is 11.6. The molecule has 0 spiro atoms. The number of aromatic nitrogens is 4. The van der Waals surface area contributed by atoms with Crippen molar-refractivity contribution in [1.29, 1.82) is 0 Å². The highest BCUT2D eigenvalue weighted by molar-refractivity contribution is 7.72. The van der Waals surface area contributed by atoms with Crippen molar-refractivity contribution in [3.05, 3.63) is 90.4 Å². The van der Waals surface area contributed by atoms with Crippen molar-refractivity contribution >= 4 is 38.2 Å². The largest absolute Gasteiger partial charge is 0.490 e. The first kappa shape index (κ1) is 38.7. The molecule has 0 bridgehead atoms. The van der Waals surface area contributed by atoms with Gasteiger partial charge in [0.2, 0.25) is 0 Å². The van der Waals surface area contributed by atoms with Gasteiger partial charge in [0.1, 0.15) is 30.4 Å². The van der Waals surface area contributed by atoms with Crippen LogP contribution in [0.4, 0.5) is 4.79 Å². The molecule has 284 valence electrons. The summed E-state index contributed by atoms with van der Waals surface area (Å²) in [5.74, 6) is 0.175. The highest BCUT2D eigenvalue weighted by atomic mass is 31.2. The van der Waals surface area contributed by atoms with Crippen LogP contribution in [-0.2, 0) is 38.0 Å². The summed E-state index contributed by atoms with van der Waals surface area (Å²) in [7, 11) is -11.2. The van der Waals surface area contributed by atoms with Gasteiger partial charge in [-0.25, -0.2) is 4.79 Å². The summed E-state index contributed by atoms with van der Waals surface area (Å²) in [6.07, 6.45) is 3.10. The van der Waals surface area contributed by atoms with Crippen LogP contribution < -0.4 is 14.8 Å². The number of benzene rings is 2. The summed E-state index contributed by atoms with van der Waals surface area (Å²) >= 11 is 0. The minimum Gasteiger partial charge on any atom is -0.490 e. The third-order valence-electron chi connectivity index (χ3n) is 8.72. The molecule has 2 aromatic carbocycles. The number of pyridine rings is 2. The summed E-state index contributed by atoms with van der Waals surface area (Å²) in [6, 6.07) is 19.4. The first-order chi connectivity index (χ1) is 25.7. The van der Waals surface area contributed by atoms with Gasteiger partial charge >= 0.3 is 27.3 Å². The van der Waals surface area contributed by atoms with Crippen molar-refractivity contribution in [1.82, 2.24) is 25.1 Å². The summed E-state index contributed by atoms with van der Waals surface area (Å²) in [5, 5.41) is 14.4. The fraction of sp³-hybridized carbons (Fsp3) is 0.286. The molecule has 1 aliphatic rings. The summed E-state index contributed by atoms with van der Waals surface area (Å²) in [4.78, 5) is 70.4. The van der Waals surface area contributed by atoms with Crippen LogP contribution in [0.3, 0.4) is 0 Å². The molecule has 0 aliphatic carbocycles. The average molecular weight is 782 g/mol. The zero-order valence-corrected chi connectivity index (χ0v) is 30.4. The number of hydrogen-bond donors (Lipinski definition) is 6. The fourth-order valence-corrected chi connectivity index (χ4v) is 8.32. The van der Waals surface area contributed by atoms with Gasteiger partial charge in [-0.2, -0.15) is 5.10 Å². The Hall–Kier alpha value is -4.99. The Bertz CT molecular complexity index is 2220. The van der Waals surface area contributed by atoms with Gasteiger partial charge in [0, 0.05) is 54.6 Å². The number of rotatable bonds is 15. The monoisotopic (exact) mass is 781 g/mol. The highest BCUT2D eigenvalue weighted by Crippen LogP contribution is 2.69. The number of aliphatic hydroxyl groups is 1. The molecular formula is C35H37N5O12P2. The number of carbonyl (C=O) groups excluding carboxylic acids is 2. The van der Waals surface area contributed by atoms with Crippen LogP contribution in [0, 0.1) is 0 Å². The van der Waals surface area contributed by atoms with Crippen molar-refractivity contribution in [2.75, 3.05) is 19.8 Å². The summed E-state index contributed by atoms with van der Waals surface area (Å²) in [5.41, 5.74) is 6.22. The number of hydrogen-bond acceptors (Lipinski definition) is 11. The Labute approximate surface area is 308 Å². The van der Waals surface area contributed by atoms with Crippen LogP contribution in [0.2, 0.25) is 0 Å². The summed E-state index contributed by atoms with van der Waals surface area (Å²) in [6.45, 7) is 0.664. The SMILES string of the molecule is O=C(Cc1ccc(OC(=O)NCCCC(O)(P(=O)(O)O)P(=O)(O)O)cc1)OCCOc1ccc2c(-c3c(-c4ccccn4)nn4c3CCC4)ccnc2c1. The van der Waals surface area contributed by atoms with E-state index in [2.05, 4.69) is 20.0 Å². The molecule has 0 radical (unpaired) electrons. The zero-order valence-electron chi connectivity index (χ0n) is 28.6. The molecule has 6 rings (SSSR count). The smallest absolute Gasteiger partial charge is 0.412 e. The van der Waals surface area contributed by atoms with Crippen LogP contribution in [0.5, 0.6) is 11.5 Å². The van der Waals surface area contributed by atoms with E-state index >= 15 is 0 Å².